The van der Waals surface area contributed by atoms with Crippen LogP contribution in [0.3, 0.4) is 0 Å². The lowest BCUT2D eigenvalue weighted by molar-refractivity contribution is -0.144. The van der Waals surface area contributed by atoms with Gasteiger partial charge in [0.05, 0.1) is 31.7 Å². The van der Waals surface area contributed by atoms with Crippen LogP contribution in [0.2, 0.25) is 0 Å². The molecule has 2 unspecified atom stereocenters. The predicted molar refractivity (Wildman–Crippen MR) is 92.6 cm³/mol. The highest BCUT2D eigenvalue weighted by atomic mass is 16.5. The van der Waals surface area contributed by atoms with E-state index in [-0.39, 0.29) is 30.8 Å². The van der Waals surface area contributed by atoms with Crippen molar-refractivity contribution < 1.29 is 19.7 Å². The minimum absolute atomic E-state index is 0.124. The fourth-order valence-electron chi connectivity index (χ4n) is 5.48. The van der Waals surface area contributed by atoms with Gasteiger partial charge in [0, 0.05) is 23.7 Å². The molecular formula is C19H23N3O4. The number of rotatable bonds is 3. The number of piperazine rings is 1. The number of ether oxygens (including phenoxy) is 1. The molecule has 3 aliphatic heterocycles. The van der Waals surface area contributed by atoms with E-state index in [0.29, 0.717) is 18.6 Å². The van der Waals surface area contributed by atoms with E-state index in [9.17, 15) is 20.3 Å². The normalized spacial score (nSPS) is 36.1. The second kappa shape index (κ2) is 6.23. The van der Waals surface area contributed by atoms with Crippen LogP contribution in [0, 0.1) is 17.2 Å². The van der Waals surface area contributed by atoms with Gasteiger partial charge in [0.25, 0.3) is 0 Å². The summed E-state index contributed by atoms with van der Waals surface area (Å²) in [6.45, 7) is -0.136. The fraction of sp³-hybridized carbons (Fsp3) is 0.579. The van der Waals surface area contributed by atoms with E-state index in [1.807, 2.05) is 25.2 Å². The summed E-state index contributed by atoms with van der Waals surface area (Å²) in [4.78, 5) is 16.0. The van der Waals surface area contributed by atoms with Crippen molar-refractivity contribution in [3.05, 3.63) is 29.3 Å². The van der Waals surface area contributed by atoms with Crippen LogP contribution >= 0.6 is 0 Å². The van der Waals surface area contributed by atoms with E-state index in [4.69, 9.17) is 4.74 Å². The summed E-state index contributed by atoms with van der Waals surface area (Å²) in [5.41, 5.74) is 1.98. The minimum atomic E-state index is -0.806. The van der Waals surface area contributed by atoms with E-state index in [2.05, 4.69) is 15.9 Å². The van der Waals surface area contributed by atoms with Crippen molar-refractivity contribution in [3.8, 4) is 11.8 Å². The van der Waals surface area contributed by atoms with E-state index < -0.39 is 17.9 Å². The summed E-state index contributed by atoms with van der Waals surface area (Å²) in [6.07, 6.45) is 1.11. The number of methoxy groups -OCH3 is 1. The Morgan fingerprint density at radius 3 is 2.81 bits per heavy atom. The van der Waals surface area contributed by atoms with Crippen molar-refractivity contribution in [1.82, 2.24) is 9.80 Å². The first kappa shape index (κ1) is 17.3. The number of carbonyl (C=O) groups is 1. The zero-order chi connectivity index (χ0) is 18.6. The highest BCUT2D eigenvalue weighted by molar-refractivity contribution is 5.72. The predicted octanol–water partition coefficient (Wildman–Crippen LogP) is 0.635. The molecule has 0 aromatic heterocycles. The van der Waals surface area contributed by atoms with Crippen molar-refractivity contribution in [2.75, 3.05) is 20.8 Å². The lowest BCUT2D eigenvalue weighted by Crippen LogP contribution is -2.67. The van der Waals surface area contributed by atoms with Gasteiger partial charge in [0.15, 0.2) is 0 Å². The third-order valence-corrected chi connectivity index (χ3v) is 6.48. The number of fused-ring (bicyclic) bond motifs is 5. The molecule has 7 nitrogen and oxygen atoms in total. The lowest BCUT2D eigenvalue weighted by Gasteiger charge is -2.54. The summed E-state index contributed by atoms with van der Waals surface area (Å²) in [5, 5.41) is 29.8. The molecule has 2 bridgehead atoms. The third kappa shape index (κ3) is 2.19. The summed E-state index contributed by atoms with van der Waals surface area (Å²) in [7, 11) is 3.53. The molecule has 138 valence electrons. The Hall–Kier alpha value is -2.14. The van der Waals surface area contributed by atoms with Crippen LogP contribution in [0.5, 0.6) is 5.75 Å². The Morgan fingerprint density at radius 1 is 1.42 bits per heavy atom. The maximum absolute atomic E-state index is 11.9. The number of nitriles is 1. The number of aliphatic carboxylic acids is 1. The molecule has 0 aliphatic carbocycles. The molecule has 7 heteroatoms. The number of carboxylic acids is 1. The van der Waals surface area contributed by atoms with Gasteiger partial charge >= 0.3 is 5.97 Å². The largest absolute Gasteiger partial charge is 0.496 e. The van der Waals surface area contributed by atoms with Gasteiger partial charge in [-0.25, -0.2) is 0 Å². The molecule has 4 rings (SSSR count). The number of carboxylic acid groups (broad SMARTS) is 1. The Balaban J connectivity index is 1.87. The first-order valence-electron chi connectivity index (χ1n) is 8.91. The second-order valence-electron chi connectivity index (χ2n) is 7.43. The van der Waals surface area contributed by atoms with Gasteiger partial charge in [-0.2, -0.15) is 5.26 Å². The molecule has 3 heterocycles. The Labute approximate surface area is 152 Å². The molecule has 1 aromatic carbocycles. The van der Waals surface area contributed by atoms with Crippen molar-refractivity contribution in [1.29, 1.82) is 5.26 Å². The van der Waals surface area contributed by atoms with Crippen molar-refractivity contribution >= 4 is 5.97 Å². The molecule has 0 spiro atoms. The van der Waals surface area contributed by atoms with Gasteiger partial charge in [-0.15, -0.1) is 0 Å². The van der Waals surface area contributed by atoms with Crippen LogP contribution in [0.4, 0.5) is 0 Å². The topological polar surface area (TPSA) is 97.0 Å². The highest BCUT2D eigenvalue weighted by Crippen LogP contribution is 2.49. The van der Waals surface area contributed by atoms with Gasteiger partial charge in [-0.05, 0) is 31.5 Å². The number of aliphatic hydroxyl groups is 1. The third-order valence-electron chi connectivity index (χ3n) is 6.48. The molecule has 3 aliphatic rings. The molecule has 2 fully saturated rings. The molecule has 2 N–H and O–H groups in total. The van der Waals surface area contributed by atoms with E-state index in [1.54, 1.807) is 7.11 Å². The van der Waals surface area contributed by atoms with Crippen molar-refractivity contribution in [2.24, 2.45) is 5.92 Å². The average Bonchev–Trinajstić information content (AvgIpc) is 2.90. The quantitative estimate of drug-likeness (QED) is 0.819. The van der Waals surface area contributed by atoms with Crippen LogP contribution in [-0.4, -0.2) is 70.9 Å². The lowest BCUT2D eigenvalue weighted by atomic mass is 9.80. The maximum atomic E-state index is 11.9. The number of benzene rings is 1. The van der Waals surface area contributed by atoms with E-state index in [0.717, 1.165) is 11.1 Å². The molecule has 0 saturated carbocycles. The first-order chi connectivity index (χ1) is 12.5. The zero-order valence-corrected chi connectivity index (χ0v) is 14.9. The van der Waals surface area contributed by atoms with Crippen LogP contribution < -0.4 is 4.74 Å². The second-order valence-corrected chi connectivity index (χ2v) is 7.43. The Bertz CT molecular complexity index is 777. The number of hydrogen-bond acceptors (Lipinski definition) is 6. The maximum Gasteiger partial charge on any atom is 0.308 e. The number of nitrogens with zero attached hydrogens (tertiary/aromatic N) is 3. The highest BCUT2D eigenvalue weighted by Gasteiger charge is 2.59. The van der Waals surface area contributed by atoms with Gasteiger partial charge in [-0.1, -0.05) is 12.1 Å². The van der Waals surface area contributed by atoms with Gasteiger partial charge < -0.3 is 14.9 Å². The Kier molecular flexibility index (Phi) is 4.14. The fourth-order valence-corrected chi connectivity index (χ4v) is 5.48. The Morgan fingerprint density at radius 2 is 2.19 bits per heavy atom. The monoisotopic (exact) mass is 357 g/mol. The van der Waals surface area contributed by atoms with Crippen LogP contribution in [0.1, 0.15) is 23.6 Å². The minimum Gasteiger partial charge on any atom is -0.496 e. The van der Waals surface area contributed by atoms with Gasteiger partial charge in [0.2, 0.25) is 0 Å². The summed E-state index contributed by atoms with van der Waals surface area (Å²) in [6, 6.07) is 6.93. The van der Waals surface area contributed by atoms with Crippen LogP contribution in [0.15, 0.2) is 18.2 Å². The van der Waals surface area contributed by atoms with E-state index in [1.165, 1.54) is 0 Å². The zero-order valence-electron chi connectivity index (χ0n) is 14.9. The summed E-state index contributed by atoms with van der Waals surface area (Å²) >= 11 is 0. The summed E-state index contributed by atoms with van der Waals surface area (Å²) in [5.74, 6) is -0.597. The molecule has 2 saturated heterocycles. The molecule has 26 heavy (non-hydrogen) atoms. The van der Waals surface area contributed by atoms with Crippen molar-refractivity contribution in [2.45, 2.75) is 43.1 Å². The standard InChI is InChI=1S/C19H23N3O4/c1-21-12-7-11(19(24)25)18(21)13-6-10-4-3-5-16(26-2)17(10)15(9-23)22(13)14(12)8-20/h3-5,11-15,18,23H,6-7,9H2,1-2H3,(H,24,25)/t11?,12-,13-,14?,15-,18+/m0/s1. The number of aliphatic hydroxyl groups excluding tert-OH is 1. The summed E-state index contributed by atoms with van der Waals surface area (Å²) < 4.78 is 5.52. The smallest absolute Gasteiger partial charge is 0.308 e. The van der Waals surface area contributed by atoms with E-state index >= 15 is 0 Å². The first-order valence-corrected chi connectivity index (χ1v) is 8.91. The SMILES string of the molecule is COc1cccc2c1[C@H](CO)N1C(C#N)[C@@H]3CC(C(=O)O)[C@H]([C@@H]1C2)N3C. The van der Waals surface area contributed by atoms with Crippen LogP contribution in [0.25, 0.3) is 0 Å². The molecule has 0 radical (unpaired) electrons. The molecule has 1 aromatic rings. The van der Waals surface area contributed by atoms with Crippen LogP contribution in [-0.2, 0) is 11.2 Å². The number of likely N-dealkylation sites (N-methyl/N-ethyl adjacent to an activating group) is 1. The number of hydrogen-bond donors (Lipinski definition) is 2. The van der Waals surface area contributed by atoms with Gasteiger partial charge in [-0.3, -0.25) is 14.6 Å². The van der Waals surface area contributed by atoms with Gasteiger partial charge in [0.1, 0.15) is 11.8 Å². The molecule has 6 atom stereocenters. The molecular weight excluding hydrogens is 334 g/mol. The molecule has 0 amide bonds. The average molecular weight is 357 g/mol. The van der Waals surface area contributed by atoms with Crippen molar-refractivity contribution in [3.63, 3.8) is 0 Å².